The number of piperidine rings is 1. The van der Waals surface area contributed by atoms with Gasteiger partial charge in [-0.2, -0.15) is 0 Å². The molecule has 3 saturated heterocycles. The monoisotopic (exact) mass is 392 g/mol. The van der Waals surface area contributed by atoms with Crippen LogP contribution in [0.15, 0.2) is 48.5 Å². The number of carbonyl (C=O) groups is 2. The number of hydrogen-bond donors (Lipinski definition) is 0. The summed E-state index contributed by atoms with van der Waals surface area (Å²) in [5, 5.41) is 0. The smallest absolute Gasteiger partial charge is 0.254 e. The predicted octanol–water partition coefficient (Wildman–Crippen LogP) is 4.50. The first-order chi connectivity index (χ1) is 14.1. The molecule has 5 heteroatoms. The van der Waals surface area contributed by atoms with Gasteiger partial charge in [0.1, 0.15) is 5.82 Å². The summed E-state index contributed by atoms with van der Waals surface area (Å²) in [6.45, 7) is 0.727. The van der Waals surface area contributed by atoms with Crippen LogP contribution in [0.25, 0.3) is 0 Å². The average molecular weight is 392 g/mol. The summed E-state index contributed by atoms with van der Waals surface area (Å²) in [4.78, 5) is 29.3. The molecular weight excluding hydrogens is 367 g/mol. The molecule has 0 aromatic heterocycles. The first-order valence-electron chi connectivity index (χ1n) is 10.6. The Morgan fingerprint density at radius 2 is 1.72 bits per heavy atom. The van der Waals surface area contributed by atoms with Crippen LogP contribution in [0.5, 0.6) is 0 Å². The molecule has 3 aliphatic heterocycles. The maximum Gasteiger partial charge on any atom is 0.254 e. The minimum absolute atomic E-state index is 0.0727. The molecule has 0 N–H and O–H groups in total. The molecule has 3 atom stereocenters. The van der Waals surface area contributed by atoms with E-state index in [-0.39, 0.29) is 29.7 Å². The zero-order valence-electron chi connectivity index (χ0n) is 16.4. The number of fused-ring (bicyclic) bond motifs is 2. The number of nitrogens with zero attached hydrogens (tertiary/aromatic N) is 2. The van der Waals surface area contributed by atoms with Crippen LogP contribution in [0.4, 0.5) is 10.1 Å². The molecule has 4 nitrogen and oxygen atoms in total. The summed E-state index contributed by atoms with van der Waals surface area (Å²) in [5.74, 6) is 0.379. The van der Waals surface area contributed by atoms with Crippen LogP contribution in [0.3, 0.4) is 0 Å². The van der Waals surface area contributed by atoms with Gasteiger partial charge in [0.05, 0.1) is 0 Å². The van der Waals surface area contributed by atoms with Crippen LogP contribution in [0.1, 0.15) is 60.4 Å². The predicted molar refractivity (Wildman–Crippen MR) is 109 cm³/mol. The van der Waals surface area contributed by atoms with Gasteiger partial charge in [0, 0.05) is 36.3 Å². The lowest BCUT2D eigenvalue weighted by atomic mass is 9.85. The van der Waals surface area contributed by atoms with Crippen molar-refractivity contribution in [2.45, 2.75) is 56.5 Å². The van der Waals surface area contributed by atoms with Crippen molar-refractivity contribution in [3.05, 3.63) is 65.5 Å². The Hall–Kier alpha value is -2.69. The summed E-state index contributed by atoms with van der Waals surface area (Å²) in [5.41, 5.74) is 2.66. The van der Waals surface area contributed by atoms with Crippen molar-refractivity contribution in [1.82, 2.24) is 4.90 Å². The number of anilines is 1. The maximum absolute atomic E-state index is 13.4. The Balaban J connectivity index is 1.35. The molecular formula is C24H25FN2O2. The third-order valence-corrected chi connectivity index (χ3v) is 6.79. The zero-order valence-corrected chi connectivity index (χ0v) is 16.4. The highest BCUT2D eigenvalue weighted by Crippen LogP contribution is 2.43. The summed E-state index contributed by atoms with van der Waals surface area (Å²) in [6, 6.07) is 14.8. The lowest BCUT2D eigenvalue weighted by molar-refractivity contribution is -0.117. The van der Waals surface area contributed by atoms with Crippen LogP contribution < -0.4 is 4.90 Å². The average Bonchev–Trinajstić information content (AvgIpc) is 3.28. The van der Waals surface area contributed by atoms with Crippen molar-refractivity contribution in [3.8, 4) is 0 Å². The Labute approximate surface area is 170 Å². The van der Waals surface area contributed by atoms with E-state index in [0.717, 1.165) is 44.3 Å². The first kappa shape index (κ1) is 18.3. The zero-order chi connectivity index (χ0) is 20.0. The van der Waals surface area contributed by atoms with Crippen LogP contribution in [-0.4, -0.2) is 35.3 Å². The third-order valence-electron chi connectivity index (χ3n) is 6.79. The lowest BCUT2D eigenvalue weighted by Gasteiger charge is -2.39. The van der Waals surface area contributed by atoms with Crippen LogP contribution in [-0.2, 0) is 4.79 Å². The van der Waals surface area contributed by atoms with E-state index in [4.69, 9.17) is 0 Å². The molecule has 150 valence electrons. The Morgan fingerprint density at radius 3 is 2.38 bits per heavy atom. The normalized spacial score (nSPS) is 26.2. The van der Waals surface area contributed by atoms with Gasteiger partial charge in [-0.3, -0.25) is 9.59 Å². The summed E-state index contributed by atoms with van der Waals surface area (Å²) >= 11 is 0. The molecule has 2 aromatic rings. The Bertz CT molecular complexity index is 928. The van der Waals surface area contributed by atoms with Gasteiger partial charge >= 0.3 is 0 Å². The van der Waals surface area contributed by atoms with Crippen LogP contribution >= 0.6 is 0 Å². The first-order valence-corrected chi connectivity index (χ1v) is 10.6. The molecule has 1 unspecified atom stereocenters. The molecule has 3 heterocycles. The van der Waals surface area contributed by atoms with Crippen molar-refractivity contribution in [2.24, 2.45) is 0 Å². The number of rotatable bonds is 3. The lowest BCUT2D eigenvalue weighted by Crippen LogP contribution is -2.46. The molecule has 2 amide bonds. The minimum atomic E-state index is -0.208. The van der Waals surface area contributed by atoms with Crippen molar-refractivity contribution in [3.63, 3.8) is 0 Å². The molecule has 0 aliphatic carbocycles. The second kappa shape index (κ2) is 7.29. The fourth-order valence-corrected chi connectivity index (χ4v) is 5.39. The quantitative estimate of drug-likeness (QED) is 0.771. The van der Waals surface area contributed by atoms with Gasteiger partial charge in [0.2, 0.25) is 5.91 Å². The van der Waals surface area contributed by atoms with Crippen molar-refractivity contribution < 1.29 is 14.0 Å². The van der Waals surface area contributed by atoms with Gasteiger partial charge in [-0.25, -0.2) is 4.39 Å². The fourth-order valence-electron chi connectivity index (χ4n) is 5.39. The standard InChI is InChI=1S/C24H25FN2O2/c25-19-8-6-16(7-9-19)18-14-21-10-11-22(15-18)27(21)24(29)17-3-1-4-20(13-17)26-12-2-5-23(26)28/h1,3-4,6-9,13,18,21-22H,2,5,10-12,14-15H2/t18?,21-,22+. The molecule has 2 bridgehead atoms. The molecule has 29 heavy (non-hydrogen) atoms. The number of hydrogen-bond acceptors (Lipinski definition) is 2. The van der Waals surface area contributed by atoms with Gasteiger partial charge in [-0.1, -0.05) is 18.2 Å². The van der Waals surface area contributed by atoms with E-state index in [1.165, 1.54) is 17.7 Å². The van der Waals surface area contributed by atoms with E-state index in [2.05, 4.69) is 4.90 Å². The second-order valence-electron chi connectivity index (χ2n) is 8.52. The number of benzene rings is 2. The van der Waals surface area contributed by atoms with Crippen molar-refractivity contribution >= 4 is 17.5 Å². The molecule has 3 fully saturated rings. The highest BCUT2D eigenvalue weighted by molar-refractivity contribution is 5.99. The van der Waals surface area contributed by atoms with Gasteiger partial charge < -0.3 is 9.80 Å². The van der Waals surface area contributed by atoms with Crippen molar-refractivity contribution in [1.29, 1.82) is 0 Å². The third kappa shape index (κ3) is 3.33. The highest BCUT2D eigenvalue weighted by atomic mass is 19.1. The topological polar surface area (TPSA) is 40.6 Å². The Kier molecular flexibility index (Phi) is 4.61. The summed E-state index contributed by atoms with van der Waals surface area (Å²) in [6.07, 6.45) is 5.37. The van der Waals surface area contributed by atoms with Gasteiger partial charge in [-0.15, -0.1) is 0 Å². The second-order valence-corrected chi connectivity index (χ2v) is 8.52. The van der Waals surface area contributed by atoms with E-state index < -0.39 is 0 Å². The highest BCUT2D eigenvalue weighted by Gasteiger charge is 2.43. The van der Waals surface area contributed by atoms with E-state index in [1.807, 2.05) is 36.4 Å². The number of halogens is 1. The summed E-state index contributed by atoms with van der Waals surface area (Å²) in [7, 11) is 0. The van der Waals surface area contributed by atoms with Crippen LogP contribution in [0.2, 0.25) is 0 Å². The minimum Gasteiger partial charge on any atom is -0.333 e. The molecule has 0 saturated carbocycles. The van der Waals surface area contributed by atoms with Gasteiger partial charge in [0.15, 0.2) is 0 Å². The van der Waals surface area contributed by atoms with Gasteiger partial charge in [0.25, 0.3) is 5.91 Å². The molecule has 0 spiro atoms. The Morgan fingerprint density at radius 1 is 1.00 bits per heavy atom. The van der Waals surface area contributed by atoms with E-state index in [1.54, 1.807) is 4.90 Å². The molecule has 3 aliphatic rings. The van der Waals surface area contributed by atoms with E-state index in [0.29, 0.717) is 17.9 Å². The van der Waals surface area contributed by atoms with Crippen LogP contribution in [0, 0.1) is 5.82 Å². The van der Waals surface area contributed by atoms with E-state index >= 15 is 0 Å². The summed E-state index contributed by atoms with van der Waals surface area (Å²) < 4.78 is 13.3. The van der Waals surface area contributed by atoms with Gasteiger partial charge in [-0.05, 0) is 73.9 Å². The molecule has 0 radical (unpaired) electrons. The van der Waals surface area contributed by atoms with Crippen molar-refractivity contribution in [2.75, 3.05) is 11.4 Å². The van der Waals surface area contributed by atoms with E-state index in [9.17, 15) is 14.0 Å². The number of amides is 2. The molecule has 5 rings (SSSR count). The number of carbonyl (C=O) groups excluding carboxylic acids is 2. The SMILES string of the molecule is O=C1CCCN1c1cccc(C(=O)N2[C@@H]3CC[C@H]2CC(c2ccc(F)cc2)C3)c1. The largest absolute Gasteiger partial charge is 0.333 e. The maximum atomic E-state index is 13.4. The fraction of sp³-hybridized carbons (Fsp3) is 0.417. The molecule has 2 aromatic carbocycles.